The summed E-state index contributed by atoms with van der Waals surface area (Å²) in [7, 11) is 2.18. The van der Waals surface area contributed by atoms with Gasteiger partial charge in [-0.05, 0) is 38.2 Å². The second kappa shape index (κ2) is 8.11. The number of rotatable bonds is 4. The predicted molar refractivity (Wildman–Crippen MR) is 129 cm³/mol. The van der Waals surface area contributed by atoms with Gasteiger partial charge in [0.25, 0.3) is 0 Å². The number of pyridine rings is 1. The van der Waals surface area contributed by atoms with Gasteiger partial charge in [0.05, 0.1) is 29.0 Å². The fourth-order valence-electron chi connectivity index (χ4n) is 5.28. The number of fused-ring (bicyclic) bond motifs is 2. The van der Waals surface area contributed by atoms with Crippen molar-refractivity contribution in [2.45, 2.75) is 31.8 Å². The van der Waals surface area contributed by atoms with Crippen molar-refractivity contribution in [1.29, 1.82) is 0 Å². The third-order valence-electron chi connectivity index (χ3n) is 6.91. The van der Waals surface area contributed by atoms with E-state index < -0.39 is 0 Å². The van der Waals surface area contributed by atoms with E-state index in [-0.39, 0.29) is 11.8 Å². The van der Waals surface area contributed by atoms with Crippen molar-refractivity contribution in [2.24, 2.45) is 0 Å². The molecule has 3 aromatic rings. The number of para-hydroxylation sites is 1. The van der Waals surface area contributed by atoms with Crippen molar-refractivity contribution in [3.63, 3.8) is 0 Å². The zero-order valence-electron chi connectivity index (χ0n) is 18.6. The predicted octanol–water partition coefficient (Wildman–Crippen LogP) is 3.52. The van der Waals surface area contributed by atoms with Crippen LogP contribution in [0.15, 0.2) is 36.5 Å². The van der Waals surface area contributed by atoms with Gasteiger partial charge in [0.1, 0.15) is 12.4 Å². The van der Waals surface area contributed by atoms with Crippen LogP contribution in [0.5, 0.6) is 5.75 Å². The number of carbonyl (C=O) groups is 2. The van der Waals surface area contributed by atoms with Crippen molar-refractivity contribution < 1.29 is 14.3 Å². The first kappa shape index (κ1) is 20.6. The summed E-state index contributed by atoms with van der Waals surface area (Å²) in [4.78, 5) is 36.1. The number of hydrogen-bond acceptors (Lipinski definition) is 7. The largest absolute Gasteiger partial charge is 0.490 e. The van der Waals surface area contributed by atoms with E-state index in [1.54, 1.807) is 11.3 Å². The number of carbonyl (C=O) groups excluding carboxylic acids is 2. The van der Waals surface area contributed by atoms with Crippen LogP contribution >= 0.6 is 11.3 Å². The first-order valence-corrected chi connectivity index (χ1v) is 12.3. The average molecular weight is 463 g/mol. The summed E-state index contributed by atoms with van der Waals surface area (Å²) in [5, 5.41) is 0. The highest BCUT2D eigenvalue weighted by molar-refractivity contribution is 7.19. The topological polar surface area (TPSA) is 66.0 Å². The van der Waals surface area contributed by atoms with Gasteiger partial charge in [-0.2, -0.15) is 0 Å². The minimum Gasteiger partial charge on any atom is -0.490 e. The summed E-state index contributed by atoms with van der Waals surface area (Å²) in [5.74, 6) is 0.762. The molecule has 3 aliphatic rings. The molecule has 1 aromatic carbocycles. The Kier molecular flexibility index (Phi) is 5.07. The number of ether oxygens (including phenoxy) is 1. The molecule has 5 heterocycles. The zero-order valence-corrected chi connectivity index (χ0v) is 19.4. The molecule has 0 spiro atoms. The Morgan fingerprint density at radius 3 is 2.76 bits per heavy atom. The minimum absolute atomic E-state index is 0.0860. The van der Waals surface area contributed by atoms with Crippen LogP contribution in [0.1, 0.15) is 24.1 Å². The first-order chi connectivity index (χ1) is 16.1. The number of likely N-dealkylation sites (tertiary alicyclic amines) is 2. The molecule has 7 nitrogen and oxygen atoms in total. The normalized spacial score (nSPS) is 21.2. The number of likely N-dealkylation sites (N-methyl/N-ethyl adjacent to an activating group) is 1. The summed E-state index contributed by atoms with van der Waals surface area (Å²) in [6.07, 6.45) is 3.62. The lowest BCUT2D eigenvalue weighted by Gasteiger charge is -2.37. The Hall–Kier alpha value is -2.97. The van der Waals surface area contributed by atoms with Crippen LogP contribution < -0.4 is 9.64 Å². The van der Waals surface area contributed by atoms with E-state index in [0.717, 1.165) is 63.7 Å². The maximum Gasteiger partial charge on any atom is 0.230 e. The molecule has 3 aliphatic heterocycles. The van der Waals surface area contributed by atoms with Gasteiger partial charge in [-0.1, -0.05) is 12.1 Å². The molecule has 1 atom stereocenters. The molecule has 2 saturated heterocycles. The SMILES string of the molecule is CN1CC[C@H](N2CCOc3cccc(-c4ccnc5cc(CN6C(=O)CCC6=O)sc45)c32)C1. The van der Waals surface area contributed by atoms with Crippen LogP contribution in [-0.2, 0) is 16.1 Å². The molecule has 170 valence electrons. The molecule has 2 fully saturated rings. The quantitative estimate of drug-likeness (QED) is 0.553. The van der Waals surface area contributed by atoms with Crippen LogP contribution in [0.3, 0.4) is 0 Å². The summed E-state index contributed by atoms with van der Waals surface area (Å²) in [6.45, 7) is 4.07. The highest BCUT2D eigenvalue weighted by Gasteiger charge is 2.33. The molecule has 0 bridgehead atoms. The number of imide groups is 1. The molecular formula is C25H26N4O3S. The van der Waals surface area contributed by atoms with Gasteiger partial charge < -0.3 is 14.5 Å². The lowest BCUT2D eigenvalue weighted by molar-refractivity contribution is -0.138. The third kappa shape index (κ3) is 3.57. The first-order valence-electron chi connectivity index (χ1n) is 11.5. The summed E-state index contributed by atoms with van der Waals surface area (Å²) < 4.78 is 7.16. The van der Waals surface area contributed by atoms with E-state index in [9.17, 15) is 9.59 Å². The van der Waals surface area contributed by atoms with Crippen LogP contribution in [-0.4, -0.2) is 65.9 Å². The highest BCUT2D eigenvalue weighted by Crippen LogP contribution is 2.45. The Morgan fingerprint density at radius 2 is 1.97 bits per heavy atom. The second-order valence-corrected chi connectivity index (χ2v) is 10.2. The van der Waals surface area contributed by atoms with Crippen molar-refractivity contribution in [1.82, 2.24) is 14.8 Å². The summed E-state index contributed by atoms with van der Waals surface area (Å²) in [5.41, 5.74) is 4.33. The van der Waals surface area contributed by atoms with E-state index >= 15 is 0 Å². The number of amides is 2. The zero-order chi connectivity index (χ0) is 22.5. The van der Waals surface area contributed by atoms with E-state index in [1.807, 2.05) is 12.3 Å². The highest BCUT2D eigenvalue weighted by atomic mass is 32.1. The number of benzene rings is 1. The lowest BCUT2D eigenvalue weighted by Crippen LogP contribution is -2.42. The molecule has 2 amide bonds. The molecule has 0 aliphatic carbocycles. The van der Waals surface area contributed by atoms with Gasteiger partial charge in [0, 0.05) is 47.6 Å². The van der Waals surface area contributed by atoms with Gasteiger partial charge in [-0.3, -0.25) is 19.5 Å². The van der Waals surface area contributed by atoms with Crippen molar-refractivity contribution in [3.05, 3.63) is 41.4 Å². The van der Waals surface area contributed by atoms with Gasteiger partial charge in [-0.25, -0.2) is 0 Å². The number of anilines is 1. The van der Waals surface area contributed by atoms with Gasteiger partial charge >= 0.3 is 0 Å². The van der Waals surface area contributed by atoms with Gasteiger partial charge in [0.2, 0.25) is 11.8 Å². The smallest absolute Gasteiger partial charge is 0.230 e. The molecule has 33 heavy (non-hydrogen) atoms. The number of nitrogens with zero attached hydrogens (tertiary/aromatic N) is 4. The second-order valence-electron chi connectivity index (χ2n) is 9.06. The molecule has 2 aromatic heterocycles. The van der Waals surface area contributed by atoms with Crippen LogP contribution in [0.2, 0.25) is 0 Å². The Morgan fingerprint density at radius 1 is 1.12 bits per heavy atom. The molecule has 6 rings (SSSR count). The monoisotopic (exact) mass is 462 g/mol. The lowest BCUT2D eigenvalue weighted by atomic mass is 10.0. The fourth-order valence-corrected chi connectivity index (χ4v) is 6.41. The van der Waals surface area contributed by atoms with Crippen molar-refractivity contribution >= 4 is 39.1 Å². The fraction of sp³-hybridized carbons (Fsp3) is 0.400. The number of thiophene rings is 1. The van der Waals surface area contributed by atoms with E-state index in [1.165, 1.54) is 4.90 Å². The number of aromatic nitrogens is 1. The molecular weight excluding hydrogens is 436 g/mol. The van der Waals surface area contributed by atoms with Crippen molar-refractivity contribution in [2.75, 3.05) is 38.2 Å². The van der Waals surface area contributed by atoms with E-state index in [4.69, 9.17) is 4.74 Å². The maximum absolute atomic E-state index is 12.1. The summed E-state index contributed by atoms with van der Waals surface area (Å²) >= 11 is 1.62. The molecule has 0 unspecified atom stereocenters. The van der Waals surface area contributed by atoms with Crippen molar-refractivity contribution in [3.8, 4) is 16.9 Å². The Bertz CT molecular complexity index is 1240. The molecule has 0 saturated carbocycles. The molecule has 0 radical (unpaired) electrons. The van der Waals surface area contributed by atoms with E-state index in [2.05, 4.69) is 46.1 Å². The number of hydrogen-bond donors (Lipinski definition) is 0. The Balaban J connectivity index is 1.42. The average Bonchev–Trinajstić information content (AvgIpc) is 3.53. The Labute approximate surface area is 196 Å². The molecule has 8 heteroatoms. The van der Waals surface area contributed by atoms with Gasteiger partial charge in [-0.15, -0.1) is 11.3 Å². The third-order valence-corrected chi connectivity index (χ3v) is 8.05. The maximum atomic E-state index is 12.1. The van der Waals surface area contributed by atoms with Crippen LogP contribution in [0.25, 0.3) is 21.3 Å². The van der Waals surface area contributed by atoms with Gasteiger partial charge in [0.15, 0.2) is 0 Å². The molecule has 0 N–H and O–H groups in total. The van der Waals surface area contributed by atoms with Crippen LogP contribution in [0.4, 0.5) is 5.69 Å². The van der Waals surface area contributed by atoms with E-state index in [0.29, 0.717) is 32.0 Å². The summed E-state index contributed by atoms with van der Waals surface area (Å²) in [6, 6.07) is 10.8. The standard InChI is InChI=1S/C25H26N4O3S/c1-27-10-8-16(14-27)28-11-12-32-21-4-2-3-18(24(21)28)19-7-9-26-20-13-17(33-25(19)20)15-29-22(30)5-6-23(29)31/h2-4,7,9,13,16H,5-6,8,10-12,14-15H2,1H3/t16-/m0/s1. The minimum atomic E-state index is -0.0860. The van der Waals surface area contributed by atoms with Crippen LogP contribution in [0, 0.1) is 0 Å².